The molecule has 2 aromatic heterocycles. The Balaban J connectivity index is 1.48. The van der Waals surface area contributed by atoms with Crippen molar-refractivity contribution in [3.05, 3.63) is 59.2 Å². The van der Waals surface area contributed by atoms with E-state index in [0.29, 0.717) is 23.0 Å². The summed E-state index contributed by atoms with van der Waals surface area (Å²) in [6, 6.07) is 13.2. The first-order valence-electron chi connectivity index (χ1n) is 8.82. The molecule has 1 amide bonds. The number of hydrogen-bond donors (Lipinski definition) is 2. The minimum atomic E-state index is -0.147. The molecule has 0 spiro atoms. The van der Waals surface area contributed by atoms with Gasteiger partial charge in [-0.05, 0) is 29.8 Å². The molecule has 148 valence electrons. The Morgan fingerprint density at radius 3 is 2.72 bits per heavy atom. The van der Waals surface area contributed by atoms with Crippen molar-refractivity contribution >= 4 is 44.6 Å². The first kappa shape index (κ1) is 19.2. The lowest BCUT2D eigenvalue weighted by molar-refractivity contribution is -0.114. The monoisotopic (exact) mass is 427 g/mol. The minimum Gasteiger partial charge on any atom is -0.495 e. The molecule has 0 bridgehead atoms. The molecule has 0 fully saturated rings. The van der Waals surface area contributed by atoms with Crippen LogP contribution in [0.2, 0.25) is 5.02 Å². The topological polar surface area (TPSA) is 80.6 Å². The first-order valence-corrected chi connectivity index (χ1v) is 10.0. The normalized spacial score (nSPS) is 10.9. The minimum absolute atomic E-state index is 0.147. The highest BCUT2D eigenvalue weighted by Crippen LogP contribution is 2.28. The second-order valence-corrected chi connectivity index (χ2v) is 7.73. The number of carbonyl (C=O) groups is 1. The van der Waals surface area contributed by atoms with E-state index >= 15 is 0 Å². The van der Waals surface area contributed by atoms with Gasteiger partial charge in [0.2, 0.25) is 16.0 Å². The van der Waals surface area contributed by atoms with E-state index in [-0.39, 0.29) is 5.91 Å². The third-order valence-electron chi connectivity index (χ3n) is 4.20. The van der Waals surface area contributed by atoms with Crippen LogP contribution in [0.5, 0.6) is 5.75 Å². The van der Waals surface area contributed by atoms with Gasteiger partial charge < -0.3 is 15.4 Å². The summed E-state index contributed by atoms with van der Waals surface area (Å²) in [5, 5.41) is 12.1. The lowest BCUT2D eigenvalue weighted by Gasteiger charge is -2.11. The molecule has 0 saturated heterocycles. The van der Waals surface area contributed by atoms with E-state index in [1.807, 2.05) is 48.7 Å². The number of imidazole rings is 1. The van der Waals surface area contributed by atoms with Gasteiger partial charge >= 0.3 is 0 Å². The number of carbonyl (C=O) groups excluding carboxylic acids is 1. The molecule has 0 radical (unpaired) electrons. The van der Waals surface area contributed by atoms with Crippen LogP contribution in [-0.4, -0.2) is 27.6 Å². The van der Waals surface area contributed by atoms with Crippen LogP contribution in [0.1, 0.15) is 12.5 Å². The van der Waals surface area contributed by atoms with Crippen LogP contribution in [0, 0.1) is 0 Å². The smallest absolute Gasteiger partial charge is 0.221 e. The summed E-state index contributed by atoms with van der Waals surface area (Å²) in [6.45, 7) is 2.02. The Hall–Kier alpha value is -3.10. The average molecular weight is 428 g/mol. The number of benzene rings is 2. The van der Waals surface area contributed by atoms with Crippen molar-refractivity contribution in [3.63, 3.8) is 0 Å². The third-order valence-corrected chi connectivity index (χ3v) is 5.33. The van der Waals surface area contributed by atoms with Gasteiger partial charge in [0.1, 0.15) is 5.75 Å². The molecule has 7 nitrogen and oxygen atoms in total. The van der Waals surface area contributed by atoms with Crippen LogP contribution in [0.3, 0.4) is 0 Å². The molecule has 4 aromatic rings. The van der Waals surface area contributed by atoms with Gasteiger partial charge in [-0.2, -0.15) is 0 Å². The van der Waals surface area contributed by atoms with Crippen molar-refractivity contribution in [1.29, 1.82) is 0 Å². The summed E-state index contributed by atoms with van der Waals surface area (Å²) in [5.41, 5.74) is 3.47. The zero-order valence-corrected chi connectivity index (χ0v) is 17.3. The molecule has 2 N–H and O–H groups in total. The van der Waals surface area contributed by atoms with Gasteiger partial charge in [-0.3, -0.25) is 4.79 Å². The summed E-state index contributed by atoms with van der Waals surface area (Å²) in [6.07, 6.45) is 1.89. The maximum atomic E-state index is 11.4. The SMILES string of the molecule is COc1ccc(CNc2nn3cc(-c4ccc(Cl)cc4)nc3s2)cc1NC(C)=O. The fourth-order valence-electron chi connectivity index (χ4n) is 2.86. The standard InChI is InChI=1S/C20H18ClN5O2S/c1-12(27)23-16-9-13(3-8-18(16)28-2)10-22-19-25-26-11-17(24-20(26)29-19)14-4-6-15(21)7-5-14/h3-9,11H,10H2,1-2H3,(H,22,25)(H,23,27). The molecule has 4 rings (SSSR count). The Labute approximate surface area is 176 Å². The number of amides is 1. The highest BCUT2D eigenvalue weighted by Gasteiger charge is 2.11. The van der Waals surface area contributed by atoms with Gasteiger partial charge in [-0.1, -0.05) is 41.1 Å². The fourth-order valence-corrected chi connectivity index (χ4v) is 3.76. The number of halogens is 1. The van der Waals surface area contributed by atoms with Gasteiger partial charge in [-0.25, -0.2) is 9.50 Å². The van der Waals surface area contributed by atoms with Crippen LogP contribution in [0.4, 0.5) is 10.8 Å². The van der Waals surface area contributed by atoms with Crippen LogP contribution in [-0.2, 0) is 11.3 Å². The lowest BCUT2D eigenvalue weighted by atomic mass is 10.2. The highest BCUT2D eigenvalue weighted by atomic mass is 35.5. The number of fused-ring (bicyclic) bond motifs is 1. The Morgan fingerprint density at radius 2 is 2.03 bits per heavy atom. The van der Waals surface area contributed by atoms with E-state index in [0.717, 1.165) is 26.9 Å². The molecule has 9 heteroatoms. The summed E-state index contributed by atoms with van der Waals surface area (Å²) in [4.78, 5) is 16.8. The molecule has 2 heterocycles. The number of anilines is 2. The van der Waals surface area contributed by atoms with E-state index in [1.165, 1.54) is 18.3 Å². The van der Waals surface area contributed by atoms with E-state index in [2.05, 4.69) is 20.7 Å². The van der Waals surface area contributed by atoms with E-state index < -0.39 is 0 Å². The van der Waals surface area contributed by atoms with Crippen LogP contribution in [0.15, 0.2) is 48.7 Å². The Kier molecular flexibility index (Phi) is 5.37. The van der Waals surface area contributed by atoms with Crippen molar-refractivity contribution in [2.24, 2.45) is 0 Å². The van der Waals surface area contributed by atoms with Crippen molar-refractivity contribution in [2.75, 3.05) is 17.7 Å². The van der Waals surface area contributed by atoms with E-state index in [4.69, 9.17) is 16.3 Å². The fraction of sp³-hybridized carbons (Fsp3) is 0.150. The van der Waals surface area contributed by atoms with Gasteiger partial charge in [0.25, 0.3) is 0 Å². The lowest BCUT2D eigenvalue weighted by Crippen LogP contribution is -2.08. The predicted octanol–water partition coefficient (Wildman–Crippen LogP) is 4.69. The van der Waals surface area contributed by atoms with Crippen LogP contribution >= 0.6 is 22.9 Å². The predicted molar refractivity (Wildman–Crippen MR) is 116 cm³/mol. The summed E-state index contributed by atoms with van der Waals surface area (Å²) < 4.78 is 7.04. The molecule has 0 aliphatic heterocycles. The Morgan fingerprint density at radius 1 is 1.24 bits per heavy atom. The van der Waals surface area contributed by atoms with E-state index in [1.54, 1.807) is 11.6 Å². The maximum absolute atomic E-state index is 11.4. The zero-order valence-electron chi connectivity index (χ0n) is 15.8. The Bertz CT molecular complexity index is 1140. The number of methoxy groups -OCH3 is 1. The second kappa shape index (κ2) is 8.10. The molecule has 0 unspecified atom stereocenters. The second-order valence-electron chi connectivity index (χ2n) is 6.34. The van der Waals surface area contributed by atoms with Gasteiger partial charge in [-0.15, -0.1) is 5.10 Å². The number of nitrogens with zero attached hydrogens (tertiary/aromatic N) is 3. The van der Waals surface area contributed by atoms with Crippen molar-refractivity contribution in [1.82, 2.24) is 14.6 Å². The average Bonchev–Trinajstić information content (AvgIpc) is 3.25. The molecule has 0 atom stereocenters. The van der Waals surface area contributed by atoms with Crippen molar-refractivity contribution in [3.8, 4) is 17.0 Å². The molecule has 2 aromatic carbocycles. The largest absolute Gasteiger partial charge is 0.495 e. The van der Waals surface area contributed by atoms with Gasteiger partial charge in [0.05, 0.1) is 24.7 Å². The first-order chi connectivity index (χ1) is 14.0. The number of aromatic nitrogens is 3. The van der Waals surface area contributed by atoms with Gasteiger partial charge in [0.15, 0.2) is 0 Å². The maximum Gasteiger partial charge on any atom is 0.221 e. The van der Waals surface area contributed by atoms with Crippen LogP contribution < -0.4 is 15.4 Å². The van der Waals surface area contributed by atoms with Crippen molar-refractivity contribution in [2.45, 2.75) is 13.5 Å². The highest BCUT2D eigenvalue weighted by molar-refractivity contribution is 7.20. The summed E-state index contributed by atoms with van der Waals surface area (Å²) >= 11 is 7.41. The number of ether oxygens (including phenoxy) is 1. The number of rotatable bonds is 6. The van der Waals surface area contributed by atoms with Crippen LogP contribution in [0.25, 0.3) is 16.2 Å². The molecular weight excluding hydrogens is 410 g/mol. The van der Waals surface area contributed by atoms with Gasteiger partial charge in [0, 0.05) is 24.1 Å². The summed E-state index contributed by atoms with van der Waals surface area (Å²) in [7, 11) is 1.57. The molecular formula is C20H18ClN5O2S. The third kappa shape index (κ3) is 4.33. The molecule has 0 aliphatic rings. The molecule has 29 heavy (non-hydrogen) atoms. The number of nitrogens with one attached hydrogen (secondary N) is 2. The quantitative estimate of drug-likeness (QED) is 0.466. The molecule has 0 saturated carbocycles. The summed E-state index contributed by atoms with van der Waals surface area (Å²) in [5.74, 6) is 0.470. The zero-order chi connectivity index (χ0) is 20.4. The number of hydrogen-bond acceptors (Lipinski definition) is 6. The molecule has 0 aliphatic carbocycles. The van der Waals surface area contributed by atoms with Crippen molar-refractivity contribution < 1.29 is 9.53 Å². The van der Waals surface area contributed by atoms with E-state index in [9.17, 15) is 4.79 Å².